The number of hydrogen-bond acceptors (Lipinski definition) is 7. The summed E-state index contributed by atoms with van der Waals surface area (Å²) in [4.78, 5) is 33.6. The molecule has 9 nitrogen and oxygen atoms in total. The summed E-state index contributed by atoms with van der Waals surface area (Å²) in [7, 11) is 4.48. The molecule has 9 heteroatoms. The molecule has 0 aliphatic heterocycles. The minimum absolute atomic E-state index is 0.0692. The average Bonchev–Trinajstić information content (AvgIpc) is 2.42. The van der Waals surface area contributed by atoms with Crippen molar-refractivity contribution < 1.29 is 19.4 Å². The van der Waals surface area contributed by atoms with E-state index >= 15 is 0 Å². The minimum Gasteiger partial charge on any atom is -0.465 e. The molecule has 0 radical (unpaired) electrons. The highest BCUT2D eigenvalue weighted by Gasteiger charge is 2.27. The molecule has 0 aliphatic rings. The maximum absolute atomic E-state index is 11.6. The van der Waals surface area contributed by atoms with Crippen LogP contribution < -0.4 is 0 Å². The van der Waals surface area contributed by atoms with Gasteiger partial charge in [0, 0.05) is 14.1 Å². The van der Waals surface area contributed by atoms with Crippen LogP contribution in [0.3, 0.4) is 0 Å². The fourth-order valence-corrected chi connectivity index (χ4v) is 1.54. The fraction of sp³-hybridized carbons (Fsp3) is 0.250. The minimum atomic E-state index is -0.934. The molecule has 0 heterocycles. The van der Waals surface area contributed by atoms with Crippen LogP contribution in [0.25, 0.3) is 6.08 Å². The summed E-state index contributed by atoms with van der Waals surface area (Å²) in [5.74, 6) is -0.934. The predicted octanol–water partition coefficient (Wildman–Crippen LogP) is 1.82. The van der Waals surface area contributed by atoms with E-state index < -0.39 is 27.2 Å². The van der Waals surface area contributed by atoms with Gasteiger partial charge in [0.15, 0.2) is 0 Å². The number of methoxy groups -OCH3 is 1. The Bertz CT molecular complexity index is 624. The van der Waals surface area contributed by atoms with Crippen LogP contribution >= 0.6 is 0 Å². The number of carbonyl (C=O) groups excluding carboxylic acids is 1. The van der Waals surface area contributed by atoms with E-state index in [4.69, 9.17) is 0 Å². The number of nitro groups is 2. The molecule has 0 saturated carbocycles. The van der Waals surface area contributed by atoms with Crippen LogP contribution in [0.1, 0.15) is 15.9 Å². The molecular formula is C12H13N3O6. The second-order valence-corrected chi connectivity index (χ2v) is 4.21. The van der Waals surface area contributed by atoms with Crippen LogP contribution in [0.5, 0.6) is 0 Å². The van der Waals surface area contributed by atoms with Crippen molar-refractivity contribution in [3.05, 3.63) is 49.7 Å². The van der Waals surface area contributed by atoms with Crippen LogP contribution in [-0.4, -0.2) is 41.9 Å². The molecule has 21 heavy (non-hydrogen) atoms. The zero-order chi connectivity index (χ0) is 16.2. The summed E-state index contributed by atoms with van der Waals surface area (Å²) in [6.07, 6.45) is 2.91. The Kier molecular flexibility index (Phi) is 4.95. The van der Waals surface area contributed by atoms with Gasteiger partial charge in [-0.25, -0.2) is 4.79 Å². The summed E-state index contributed by atoms with van der Waals surface area (Å²) in [5.41, 5.74) is -1.41. The highest BCUT2D eigenvalue weighted by molar-refractivity contribution is 5.95. The Morgan fingerprint density at radius 1 is 1.19 bits per heavy atom. The topological polar surface area (TPSA) is 116 Å². The third kappa shape index (κ3) is 3.75. The molecule has 1 rings (SSSR count). The van der Waals surface area contributed by atoms with E-state index in [1.54, 1.807) is 19.0 Å². The first-order valence-electron chi connectivity index (χ1n) is 5.67. The fourth-order valence-electron chi connectivity index (χ4n) is 1.54. The average molecular weight is 295 g/mol. The lowest BCUT2D eigenvalue weighted by Crippen LogP contribution is -2.08. The van der Waals surface area contributed by atoms with Gasteiger partial charge in [0.05, 0.1) is 28.6 Å². The molecule has 0 unspecified atom stereocenters. The molecule has 1 aromatic rings. The van der Waals surface area contributed by atoms with Crippen LogP contribution in [0, 0.1) is 20.2 Å². The largest absolute Gasteiger partial charge is 0.465 e. The molecule has 0 N–H and O–H groups in total. The third-order valence-electron chi connectivity index (χ3n) is 2.50. The van der Waals surface area contributed by atoms with Gasteiger partial charge in [-0.05, 0) is 18.3 Å². The van der Waals surface area contributed by atoms with Gasteiger partial charge in [-0.15, -0.1) is 0 Å². The monoisotopic (exact) mass is 295 g/mol. The van der Waals surface area contributed by atoms with Crippen LogP contribution in [-0.2, 0) is 4.74 Å². The number of ether oxygens (including phenoxy) is 1. The molecule has 112 valence electrons. The van der Waals surface area contributed by atoms with Crippen LogP contribution in [0.4, 0.5) is 11.4 Å². The van der Waals surface area contributed by atoms with Crippen molar-refractivity contribution in [3.8, 4) is 0 Å². The van der Waals surface area contributed by atoms with E-state index in [0.29, 0.717) is 0 Å². The Balaban J connectivity index is 3.58. The maximum Gasteiger partial charge on any atom is 0.344 e. The van der Waals surface area contributed by atoms with Crippen LogP contribution in [0.2, 0.25) is 0 Å². The number of hydrogen-bond donors (Lipinski definition) is 0. The summed E-state index contributed by atoms with van der Waals surface area (Å²) in [6, 6.07) is 1.82. The summed E-state index contributed by atoms with van der Waals surface area (Å²) >= 11 is 0. The summed E-state index contributed by atoms with van der Waals surface area (Å²) in [6.45, 7) is 0. The van der Waals surface area contributed by atoms with Crippen molar-refractivity contribution in [3.63, 3.8) is 0 Å². The summed E-state index contributed by atoms with van der Waals surface area (Å²) < 4.78 is 4.46. The van der Waals surface area contributed by atoms with Gasteiger partial charge in [0.25, 0.3) is 11.4 Å². The van der Waals surface area contributed by atoms with Gasteiger partial charge in [0.1, 0.15) is 5.56 Å². The van der Waals surface area contributed by atoms with Crippen molar-refractivity contribution >= 4 is 23.4 Å². The molecular weight excluding hydrogens is 282 g/mol. The maximum atomic E-state index is 11.6. The highest BCUT2D eigenvalue weighted by Crippen LogP contribution is 2.30. The molecule has 0 fully saturated rings. The normalized spacial score (nSPS) is 10.4. The van der Waals surface area contributed by atoms with E-state index in [1.165, 1.54) is 12.3 Å². The van der Waals surface area contributed by atoms with E-state index in [2.05, 4.69) is 4.74 Å². The lowest BCUT2D eigenvalue weighted by molar-refractivity contribution is -0.394. The van der Waals surface area contributed by atoms with Crippen molar-refractivity contribution in [2.24, 2.45) is 0 Å². The first-order valence-corrected chi connectivity index (χ1v) is 5.67. The van der Waals surface area contributed by atoms with Gasteiger partial charge in [0.2, 0.25) is 0 Å². The lowest BCUT2D eigenvalue weighted by atomic mass is 10.1. The van der Waals surface area contributed by atoms with Gasteiger partial charge in [-0.3, -0.25) is 20.2 Å². The lowest BCUT2D eigenvalue weighted by Gasteiger charge is -2.06. The van der Waals surface area contributed by atoms with Crippen molar-refractivity contribution in [2.45, 2.75) is 0 Å². The quantitative estimate of drug-likeness (QED) is 0.462. The number of nitro benzene ring substituents is 2. The predicted molar refractivity (Wildman–Crippen MR) is 73.8 cm³/mol. The van der Waals surface area contributed by atoms with Gasteiger partial charge in [-0.1, -0.05) is 0 Å². The Morgan fingerprint density at radius 3 is 2.19 bits per heavy atom. The number of carbonyl (C=O) groups is 1. The molecule has 0 saturated heterocycles. The zero-order valence-corrected chi connectivity index (χ0v) is 11.6. The number of esters is 1. The number of rotatable bonds is 5. The second-order valence-electron chi connectivity index (χ2n) is 4.21. The molecule has 0 atom stereocenters. The molecule has 1 aromatic carbocycles. The molecule has 0 bridgehead atoms. The van der Waals surface area contributed by atoms with Crippen molar-refractivity contribution in [1.29, 1.82) is 0 Å². The van der Waals surface area contributed by atoms with E-state index in [1.807, 2.05) is 0 Å². The van der Waals surface area contributed by atoms with Gasteiger partial charge < -0.3 is 9.64 Å². The smallest absolute Gasteiger partial charge is 0.344 e. The highest BCUT2D eigenvalue weighted by atomic mass is 16.6. The standard InChI is InChI=1S/C12H13N3O6/c1-13(2)5-4-8-6-9(12(16)21-3)11(15(19)20)7-10(8)14(17)18/h4-7H,1-3H3/b5-4+. The van der Waals surface area contributed by atoms with Crippen molar-refractivity contribution in [2.75, 3.05) is 21.2 Å². The number of benzene rings is 1. The van der Waals surface area contributed by atoms with Gasteiger partial charge in [-0.2, -0.15) is 0 Å². The Labute approximate surface area is 119 Å². The van der Waals surface area contributed by atoms with E-state index in [0.717, 1.165) is 19.2 Å². The Hall–Kier alpha value is -2.97. The summed E-state index contributed by atoms with van der Waals surface area (Å²) in [5, 5.41) is 22.0. The Morgan fingerprint density at radius 2 is 1.76 bits per heavy atom. The van der Waals surface area contributed by atoms with E-state index in [9.17, 15) is 25.0 Å². The molecule has 0 amide bonds. The number of nitrogens with zero attached hydrogens (tertiary/aromatic N) is 3. The molecule has 0 aromatic heterocycles. The van der Waals surface area contributed by atoms with Crippen molar-refractivity contribution in [1.82, 2.24) is 4.90 Å². The second kappa shape index (κ2) is 6.46. The van der Waals surface area contributed by atoms with Gasteiger partial charge >= 0.3 is 5.97 Å². The van der Waals surface area contributed by atoms with Crippen LogP contribution in [0.15, 0.2) is 18.3 Å². The van der Waals surface area contributed by atoms with E-state index in [-0.39, 0.29) is 11.1 Å². The first-order chi connectivity index (χ1) is 9.77. The molecule has 0 aliphatic carbocycles. The SMILES string of the molecule is COC(=O)c1cc(/C=C/N(C)C)c([N+](=O)[O-])cc1[N+](=O)[O-]. The third-order valence-corrected chi connectivity index (χ3v) is 2.50. The molecule has 0 spiro atoms. The first kappa shape index (κ1) is 16.1. The zero-order valence-electron chi connectivity index (χ0n) is 11.6.